The van der Waals surface area contributed by atoms with Crippen LogP contribution >= 0.6 is 0 Å². The molecule has 6 heteroatoms. The van der Waals surface area contributed by atoms with Gasteiger partial charge in [0, 0.05) is 31.6 Å². The molecule has 1 fully saturated rings. The number of aromatic amines is 2. The predicted molar refractivity (Wildman–Crippen MR) is 90.5 cm³/mol. The third kappa shape index (κ3) is 3.82. The Balaban J connectivity index is 1.53. The zero-order valence-corrected chi connectivity index (χ0v) is 13.7. The first-order valence-corrected chi connectivity index (χ1v) is 8.26. The molecule has 1 aromatic heterocycles. The number of H-pyrrole nitrogens is 2. The molecule has 0 saturated carbocycles. The van der Waals surface area contributed by atoms with Crippen LogP contribution in [-0.4, -0.2) is 45.9 Å². The van der Waals surface area contributed by atoms with Crippen molar-refractivity contribution >= 4 is 16.9 Å². The highest BCUT2D eigenvalue weighted by molar-refractivity contribution is 5.77. The summed E-state index contributed by atoms with van der Waals surface area (Å²) in [5.74, 6) is 0.237. The van der Waals surface area contributed by atoms with E-state index in [2.05, 4.69) is 29.1 Å². The van der Waals surface area contributed by atoms with E-state index in [-0.39, 0.29) is 11.6 Å². The molecule has 2 aromatic rings. The number of hydrogen-bond donors (Lipinski definition) is 3. The van der Waals surface area contributed by atoms with E-state index in [1.807, 2.05) is 23.1 Å². The number of carbonyl (C=O) groups excluding carboxylic acids is 1. The zero-order chi connectivity index (χ0) is 16.4. The number of aromatic nitrogens is 2. The van der Waals surface area contributed by atoms with E-state index in [0.29, 0.717) is 18.5 Å². The normalized spacial score (nSPS) is 21.7. The second-order valence-corrected chi connectivity index (χ2v) is 6.58. The quantitative estimate of drug-likeness (QED) is 0.797. The number of carbonyl (C=O) groups is 1. The third-order valence-corrected chi connectivity index (χ3v) is 4.35. The van der Waals surface area contributed by atoms with Crippen LogP contribution in [0.4, 0.5) is 0 Å². The van der Waals surface area contributed by atoms with Gasteiger partial charge in [-0.05, 0) is 44.4 Å². The number of piperazine rings is 1. The van der Waals surface area contributed by atoms with Gasteiger partial charge in [-0.15, -0.1) is 0 Å². The molecule has 0 spiro atoms. The molecule has 3 rings (SSSR count). The molecule has 6 nitrogen and oxygen atoms in total. The van der Waals surface area contributed by atoms with Gasteiger partial charge in [0.15, 0.2) is 0 Å². The number of hydrogen-bond acceptors (Lipinski definition) is 3. The summed E-state index contributed by atoms with van der Waals surface area (Å²) >= 11 is 0. The highest BCUT2D eigenvalue weighted by Gasteiger charge is 2.24. The lowest BCUT2D eigenvalue weighted by Gasteiger charge is -2.36. The fraction of sp³-hybridized carbons (Fsp3) is 0.529. The fourth-order valence-electron chi connectivity index (χ4n) is 3.37. The minimum atomic E-state index is -0.186. The molecular weight excluding hydrogens is 292 g/mol. The van der Waals surface area contributed by atoms with E-state index in [1.54, 1.807) is 0 Å². The summed E-state index contributed by atoms with van der Waals surface area (Å²) in [4.78, 5) is 31.1. The lowest BCUT2D eigenvalue weighted by Crippen LogP contribution is -2.55. The Kier molecular flexibility index (Phi) is 4.52. The van der Waals surface area contributed by atoms with Gasteiger partial charge in [-0.25, -0.2) is 4.79 Å². The van der Waals surface area contributed by atoms with Crippen molar-refractivity contribution < 1.29 is 4.79 Å². The van der Waals surface area contributed by atoms with E-state index in [9.17, 15) is 9.59 Å². The number of aryl methyl sites for hydroxylation is 1. The van der Waals surface area contributed by atoms with Crippen molar-refractivity contribution in [3.8, 4) is 0 Å². The summed E-state index contributed by atoms with van der Waals surface area (Å²) < 4.78 is 0. The molecule has 2 heterocycles. The Morgan fingerprint density at radius 2 is 1.87 bits per heavy atom. The average molecular weight is 316 g/mol. The summed E-state index contributed by atoms with van der Waals surface area (Å²) in [6.07, 6.45) is 2.24. The van der Waals surface area contributed by atoms with Crippen molar-refractivity contribution in [2.75, 3.05) is 13.1 Å². The second-order valence-electron chi connectivity index (χ2n) is 6.58. The lowest BCUT2D eigenvalue weighted by molar-refractivity contribution is -0.133. The van der Waals surface area contributed by atoms with Gasteiger partial charge in [0.05, 0.1) is 11.0 Å². The van der Waals surface area contributed by atoms with Gasteiger partial charge in [0.1, 0.15) is 0 Å². The standard InChI is InChI=1S/C17H24N4O2/c1-11-9-21(10-12(2)18-11)16(22)5-3-4-13-6-7-14-15(8-13)20-17(23)19-14/h6-8,11-12,18H,3-5,9-10H2,1-2H3,(H2,19,20,23)/t11-,12-/m0/s1. The van der Waals surface area contributed by atoms with Gasteiger partial charge in [-0.1, -0.05) is 6.07 Å². The summed E-state index contributed by atoms with van der Waals surface area (Å²) in [6, 6.07) is 6.61. The van der Waals surface area contributed by atoms with Gasteiger partial charge in [-0.2, -0.15) is 0 Å². The van der Waals surface area contributed by atoms with Crippen LogP contribution in [0.15, 0.2) is 23.0 Å². The second kappa shape index (κ2) is 6.58. The van der Waals surface area contributed by atoms with Crippen molar-refractivity contribution in [1.82, 2.24) is 20.2 Å². The molecule has 1 aliphatic heterocycles. The Hall–Kier alpha value is -2.08. The van der Waals surface area contributed by atoms with E-state index in [1.165, 1.54) is 0 Å². The van der Waals surface area contributed by atoms with Crippen LogP contribution in [0.5, 0.6) is 0 Å². The van der Waals surface area contributed by atoms with Crippen molar-refractivity contribution in [1.29, 1.82) is 0 Å². The van der Waals surface area contributed by atoms with Crippen LogP contribution in [0.25, 0.3) is 11.0 Å². The number of fused-ring (bicyclic) bond motifs is 1. The highest BCUT2D eigenvalue weighted by Crippen LogP contribution is 2.14. The molecule has 0 bridgehead atoms. The largest absolute Gasteiger partial charge is 0.340 e. The Labute approximate surface area is 135 Å². The number of benzene rings is 1. The molecule has 1 saturated heterocycles. The Morgan fingerprint density at radius 3 is 2.61 bits per heavy atom. The average Bonchev–Trinajstić information content (AvgIpc) is 2.85. The molecule has 2 atom stereocenters. The van der Waals surface area contributed by atoms with E-state index >= 15 is 0 Å². The monoisotopic (exact) mass is 316 g/mol. The van der Waals surface area contributed by atoms with Crippen molar-refractivity contribution in [3.05, 3.63) is 34.2 Å². The van der Waals surface area contributed by atoms with Crippen molar-refractivity contribution in [2.45, 2.75) is 45.2 Å². The number of imidazole rings is 1. The molecule has 23 heavy (non-hydrogen) atoms. The number of nitrogens with one attached hydrogen (secondary N) is 3. The topological polar surface area (TPSA) is 81.0 Å². The summed E-state index contributed by atoms with van der Waals surface area (Å²) in [7, 11) is 0. The van der Waals surface area contributed by atoms with Crippen molar-refractivity contribution in [2.24, 2.45) is 0 Å². The number of amides is 1. The first kappa shape index (κ1) is 15.8. The van der Waals surface area contributed by atoms with E-state index < -0.39 is 0 Å². The Bertz CT molecular complexity index is 738. The SMILES string of the molecule is C[C@H]1CN(C(=O)CCCc2ccc3[nH]c(=O)[nH]c3c2)C[C@H](C)N1. The van der Waals surface area contributed by atoms with Crippen LogP contribution in [0.1, 0.15) is 32.3 Å². The molecule has 0 unspecified atom stereocenters. The van der Waals surface area contributed by atoms with Gasteiger partial charge >= 0.3 is 5.69 Å². The van der Waals surface area contributed by atoms with Crippen LogP contribution < -0.4 is 11.0 Å². The van der Waals surface area contributed by atoms with E-state index in [4.69, 9.17) is 0 Å². The number of nitrogens with zero attached hydrogens (tertiary/aromatic N) is 1. The van der Waals surface area contributed by atoms with Gasteiger partial charge in [-0.3, -0.25) is 4.79 Å². The van der Waals surface area contributed by atoms with Crippen LogP contribution in [0, 0.1) is 0 Å². The van der Waals surface area contributed by atoms with Crippen LogP contribution in [0.2, 0.25) is 0 Å². The minimum absolute atomic E-state index is 0.186. The minimum Gasteiger partial charge on any atom is -0.340 e. The summed E-state index contributed by atoms with van der Waals surface area (Å²) in [6.45, 7) is 5.81. The van der Waals surface area contributed by atoms with Gasteiger partial charge < -0.3 is 20.2 Å². The smallest absolute Gasteiger partial charge is 0.323 e. The summed E-state index contributed by atoms with van der Waals surface area (Å²) in [5, 5.41) is 3.44. The lowest BCUT2D eigenvalue weighted by atomic mass is 10.1. The molecule has 3 N–H and O–H groups in total. The first-order valence-electron chi connectivity index (χ1n) is 8.26. The molecule has 0 aliphatic carbocycles. The Morgan fingerprint density at radius 1 is 1.17 bits per heavy atom. The predicted octanol–water partition coefficient (Wildman–Crippen LogP) is 1.39. The maximum Gasteiger partial charge on any atom is 0.323 e. The zero-order valence-electron chi connectivity index (χ0n) is 13.7. The van der Waals surface area contributed by atoms with Crippen LogP contribution in [-0.2, 0) is 11.2 Å². The molecule has 0 radical (unpaired) electrons. The highest BCUT2D eigenvalue weighted by atomic mass is 16.2. The van der Waals surface area contributed by atoms with Gasteiger partial charge in [0.2, 0.25) is 5.91 Å². The van der Waals surface area contributed by atoms with Crippen molar-refractivity contribution in [3.63, 3.8) is 0 Å². The maximum absolute atomic E-state index is 12.3. The first-order chi connectivity index (χ1) is 11.0. The summed E-state index contributed by atoms with van der Waals surface area (Å²) in [5.41, 5.74) is 2.60. The van der Waals surface area contributed by atoms with E-state index in [0.717, 1.165) is 42.5 Å². The molecule has 1 aliphatic rings. The van der Waals surface area contributed by atoms with Gasteiger partial charge in [0.25, 0.3) is 0 Å². The molecule has 124 valence electrons. The van der Waals surface area contributed by atoms with Crippen LogP contribution in [0.3, 0.4) is 0 Å². The maximum atomic E-state index is 12.3. The number of rotatable bonds is 4. The third-order valence-electron chi connectivity index (χ3n) is 4.35. The molecule has 1 amide bonds. The fourth-order valence-corrected chi connectivity index (χ4v) is 3.37. The molecular formula is C17H24N4O2. The molecule has 1 aromatic carbocycles.